The lowest BCUT2D eigenvalue weighted by molar-refractivity contribution is 0.549. The van der Waals surface area contributed by atoms with Crippen LogP contribution in [0.2, 0.25) is 0 Å². The highest BCUT2D eigenvalue weighted by Gasteiger charge is 2.08. The molecule has 0 atom stereocenters. The van der Waals surface area contributed by atoms with Crippen LogP contribution in [0.15, 0.2) is 16.6 Å². The summed E-state index contributed by atoms with van der Waals surface area (Å²) in [4.78, 5) is 5.11. The first-order valence-electron chi connectivity index (χ1n) is 13.9. The van der Waals surface area contributed by atoms with Crippen molar-refractivity contribution in [3.05, 3.63) is 11.6 Å². The summed E-state index contributed by atoms with van der Waals surface area (Å²) in [6, 6.07) is 0. The molecule has 0 saturated carbocycles. The smallest absolute Gasteiger partial charge is 0.123 e. The van der Waals surface area contributed by atoms with E-state index in [4.69, 9.17) is 4.99 Å². The highest BCUT2D eigenvalue weighted by Crippen LogP contribution is 2.18. The van der Waals surface area contributed by atoms with Gasteiger partial charge in [0.1, 0.15) is 5.84 Å². The Morgan fingerprint density at radius 1 is 0.500 bits per heavy atom. The van der Waals surface area contributed by atoms with Crippen LogP contribution in [-0.2, 0) is 0 Å². The molecule has 30 heavy (non-hydrogen) atoms. The van der Waals surface area contributed by atoms with Crippen LogP contribution in [0.5, 0.6) is 0 Å². The maximum Gasteiger partial charge on any atom is 0.123 e. The van der Waals surface area contributed by atoms with E-state index in [1.165, 1.54) is 159 Å². The highest BCUT2D eigenvalue weighted by molar-refractivity contribution is 5.98. The summed E-state index contributed by atoms with van der Waals surface area (Å²) in [6.07, 6.45) is 34.5. The first kappa shape index (κ1) is 25.5. The molecule has 0 fully saturated rings. The molecule has 0 aromatic carbocycles. The SMILES string of the molecule is C1=C(C2=NCCCCCCCCCCCCN2)CCCCCCCCCCCCC1. The molecule has 0 aromatic rings. The van der Waals surface area contributed by atoms with Gasteiger partial charge < -0.3 is 5.32 Å². The van der Waals surface area contributed by atoms with Gasteiger partial charge in [0.05, 0.1) is 0 Å². The van der Waals surface area contributed by atoms with Crippen molar-refractivity contribution in [2.24, 2.45) is 4.99 Å². The van der Waals surface area contributed by atoms with E-state index in [0.717, 1.165) is 13.1 Å². The Hall–Kier alpha value is -0.790. The lowest BCUT2D eigenvalue weighted by Crippen LogP contribution is -2.27. The maximum atomic E-state index is 5.11. The van der Waals surface area contributed by atoms with E-state index in [-0.39, 0.29) is 0 Å². The van der Waals surface area contributed by atoms with Crippen molar-refractivity contribution in [1.29, 1.82) is 0 Å². The third kappa shape index (κ3) is 13.5. The summed E-state index contributed by atoms with van der Waals surface area (Å²) >= 11 is 0. The molecule has 1 heterocycles. The van der Waals surface area contributed by atoms with E-state index in [0.29, 0.717) is 0 Å². The van der Waals surface area contributed by atoms with Crippen molar-refractivity contribution < 1.29 is 0 Å². The van der Waals surface area contributed by atoms with E-state index < -0.39 is 0 Å². The van der Waals surface area contributed by atoms with Crippen molar-refractivity contribution in [1.82, 2.24) is 5.32 Å². The Labute approximate surface area is 188 Å². The van der Waals surface area contributed by atoms with Crippen LogP contribution in [0.3, 0.4) is 0 Å². The zero-order valence-corrected chi connectivity index (χ0v) is 20.2. The number of rotatable bonds is 1. The van der Waals surface area contributed by atoms with Gasteiger partial charge in [-0.25, -0.2) is 0 Å². The molecule has 0 aromatic heterocycles. The Morgan fingerprint density at radius 2 is 0.967 bits per heavy atom. The Balaban J connectivity index is 1.93. The third-order valence-corrected chi connectivity index (χ3v) is 6.99. The molecule has 0 saturated heterocycles. The van der Waals surface area contributed by atoms with Crippen molar-refractivity contribution in [3.63, 3.8) is 0 Å². The van der Waals surface area contributed by atoms with Gasteiger partial charge in [-0.1, -0.05) is 115 Å². The van der Waals surface area contributed by atoms with Gasteiger partial charge in [-0.15, -0.1) is 0 Å². The standard InChI is InChI=1S/C28H52N2/c1-2-4-8-12-16-20-24-27(23-19-15-11-7-3-1)28-29-25-21-17-13-9-5-6-10-14-18-22-26-30-28/h23H,1-22,24-26H2,(H,29,30). The number of hydrogen-bond acceptors (Lipinski definition) is 2. The molecule has 2 heteroatoms. The average Bonchev–Trinajstić information content (AvgIpc) is 2.77. The average molecular weight is 417 g/mol. The molecule has 2 nitrogen and oxygen atoms in total. The number of nitrogens with zero attached hydrogens (tertiary/aromatic N) is 1. The van der Waals surface area contributed by atoms with Crippen LogP contribution in [-0.4, -0.2) is 18.9 Å². The van der Waals surface area contributed by atoms with Gasteiger partial charge in [0.2, 0.25) is 0 Å². The lowest BCUT2D eigenvalue weighted by atomic mass is 10.0. The van der Waals surface area contributed by atoms with Crippen molar-refractivity contribution in [2.75, 3.05) is 13.1 Å². The van der Waals surface area contributed by atoms with Crippen molar-refractivity contribution >= 4 is 5.84 Å². The van der Waals surface area contributed by atoms with Gasteiger partial charge in [0.15, 0.2) is 0 Å². The monoisotopic (exact) mass is 416 g/mol. The van der Waals surface area contributed by atoms with Crippen LogP contribution >= 0.6 is 0 Å². The zero-order valence-electron chi connectivity index (χ0n) is 20.2. The summed E-state index contributed by atoms with van der Waals surface area (Å²) in [5.41, 5.74) is 1.54. The van der Waals surface area contributed by atoms with E-state index in [1.54, 1.807) is 0 Å². The van der Waals surface area contributed by atoms with Crippen molar-refractivity contribution in [3.8, 4) is 0 Å². The van der Waals surface area contributed by atoms with Gasteiger partial charge >= 0.3 is 0 Å². The van der Waals surface area contributed by atoms with Crippen molar-refractivity contribution in [2.45, 2.75) is 148 Å². The molecular formula is C28H52N2. The molecule has 2 aliphatic rings. The predicted molar refractivity (Wildman–Crippen MR) is 135 cm³/mol. The Kier molecular flexibility index (Phi) is 16.1. The Bertz CT molecular complexity index is 410. The normalized spacial score (nSPS) is 24.0. The molecule has 0 bridgehead atoms. The number of allylic oxidation sites excluding steroid dienone is 1. The summed E-state index contributed by atoms with van der Waals surface area (Å²) in [5, 5.41) is 3.79. The fourth-order valence-corrected chi connectivity index (χ4v) is 4.96. The van der Waals surface area contributed by atoms with Gasteiger partial charge in [-0.2, -0.15) is 0 Å². The topological polar surface area (TPSA) is 24.4 Å². The van der Waals surface area contributed by atoms with Gasteiger partial charge in [-0.3, -0.25) is 4.99 Å². The molecule has 0 unspecified atom stereocenters. The molecule has 1 aliphatic heterocycles. The lowest BCUT2D eigenvalue weighted by Gasteiger charge is -2.15. The third-order valence-electron chi connectivity index (χ3n) is 6.99. The number of amidine groups is 1. The van der Waals surface area contributed by atoms with Gasteiger partial charge in [0, 0.05) is 13.1 Å². The summed E-state index contributed by atoms with van der Waals surface area (Å²) < 4.78 is 0. The van der Waals surface area contributed by atoms with Crippen LogP contribution in [0.4, 0.5) is 0 Å². The second-order valence-electron chi connectivity index (χ2n) is 9.85. The number of nitrogens with one attached hydrogen (secondary N) is 1. The fourth-order valence-electron chi connectivity index (χ4n) is 4.96. The van der Waals surface area contributed by atoms with Crippen LogP contribution in [0, 0.1) is 0 Å². The fraction of sp³-hybridized carbons (Fsp3) is 0.893. The molecule has 0 radical (unpaired) electrons. The van der Waals surface area contributed by atoms with Gasteiger partial charge in [-0.05, 0) is 44.1 Å². The summed E-state index contributed by atoms with van der Waals surface area (Å²) in [5.74, 6) is 1.26. The molecule has 2 rings (SSSR count). The first-order valence-corrected chi connectivity index (χ1v) is 13.9. The predicted octanol–water partition coefficient (Wildman–Crippen LogP) is 8.90. The molecule has 0 spiro atoms. The molecule has 1 N–H and O–H groups in total. The summed E-state index contributed by atoms with van der Waals surface area (Å²) in [7, 11) is 0. The van der Waals surface area contributed by atoms with Crippen LogP contribution in [0.25, 0.3) is 0 Å². The van der Waals surface area contributed by atoms with E-state index in [9.17, 15) is 0 Å². The molecule has 0 amide bonds. The minimum absolute atomic E-state index is 1.01. The molecular weight excluding hydrogens is 364 g/mol. The second kappa shape index (κ2) is 18.9. The van der Waals surface area contributed by atoms with E-state index >= 15 is 0 Å². The molecule has 1 aliphatic carbocycles. The zero-order chi connectivity index (χ0) is 21.0. The van der Waals surface area contributed by atoms with E-state index in [2.05, 4.69) is 11.4 Å². The van der Waals surface area contributed by atoms with E-state index in [1.807, 2.05) is 0 Å². The van der Waals surface area contributed by atoms with Crippen LogP contribution in [0.1, 0.15) is 148 Å². The summed E-state index contributed by atoms with van der Waals surface area (Å²) in [6.45, 7) is 2.12. The minimum Gasteiger partial charge on any atom is -0.370 e. The Morgan fingerprint density at radius 3 is 1.57 bits per heavy atom. The van der Waals surface area contributed by atoms with Crippen LogP contribution < -0.4 is 5.32 Å². The number of hydrogen-bond donors (Lipinski definition) is 1. The van der Waals surface area contributed by atoms with Gasteiger partial charge in [0.25, 0.3) is 0 Å². The maximum absolute atomic E-state index is 5.11. The quantitative estimate of drug-likeness (QED) is 0.453. The largest absolute Gasteiger partial charge is 0.370 e. The second-order valence-corrected chi connectivity index (χ2v) is 9.85. The molecule has 174 valence electrons. The highest BCUT2D eigenvalue weighted by atomic mass is 15.0. The number of aliphatic imine (C=N–C) groups is 1. The first-order chi connectivity index (χ1) is 15.0. The minimum atomic E-state index is 1.01.